The molecule has 0 aliphatic rings. The van der Waals surface area contributed by atoms with Crippen molar-refractivity contribution in [3.05, 3.63) is 23.2 Å². The van der Waals surface area contributed by atoms with E-state index in [2.05, 4.69) is 31.0 Å². The van der Waals surface area contributed by atoms with Gasteiger partial charge in [-0.2, -0.15) is 0 Å². The van der Waals surface area contributed by atoms with Crippen LogP contribution in [-0.2, 0) is 4.79 Å². The van der Waals surface area contributed by atoms with Gasteiger partial charge in [0.05, 0.1) is 10.7 Å². The third-order valence-corrected chi connectivity index (χ3v) is 3.09. The minimum atomic E-state index is -0.0209. The zero-order valence-electron chi connectivity index (χ0n) is 12.7. The van der Waals surface area contributed by atoms with Crippen LogP contribution in [0.2, 0.25) is 5.02 Å². The summed E-state index contributed by atoms with van der Waals surface area (Å²) in [7, 11) is 2.03. The summed E-state index contributed by atoms with van der Waals surface area (Å²) in [6.07, 6.45) is 0.453. The SMILES string of the molecule is CN(CCC(=O)Nc1ccc(Cl)c(N)c1)CC(C)(C)C. The van der Waals surface area contributed by atoms with E-state index in [-0.39, 0.29) is 11.3 Å². The first-order valence-electron chi connectivity index (χ1n) is 6.71. The maximum Gasteiger partial charge on any atom is 0.225 e. The van der Waals surface area contributed by atoms with Gasteiger partial charge >= 0.3 is 0 Å². The van der Waals surface area contributed by atoms with Crippen molar-refractivity contribution in [3.63, 3.8) is 0 Å². The molecule has 112 valence electrons. The molecule has 1 amide bonds. The zero-order chi connectivity index (χ0) is 15.3. The number of carbonyl (C=O) groups is 1. The molecular formula is C15H24ClN3O. The Bertz CT molecular complexity index is 469. The number of nitrogens with two attached hydrogens (primary N) is 1. The molecule has 0 aromatic heterocycles. The molecule has 0 bridgehead atoms. The molecule has 0 saturated heterocycles. The number of nitrogens with zero attached hydrogens (tertiary/aromatic N) is 1. The molecule has 0 unspecified atom stereocenters. The lowest BCUT2D eigenvalue weighted by Gasteiger charge is -2.26. The highest BCUT2D eigenvalue weighted by Gasteiger charge is 2.14. The summed E-state index contributed by atoms with van der Waals surface area (Å²) >= 11 is 5.84. The van der Waals surface area contributed by atoms with Crippen LogP contribution < -0.4 is 11.1 Å². The van der Waals surface area contributed by atoms with Crippen LogP contribution in [0.1, 0.15) is 27.2 Å². The number of nitrogens with one attached hydrogen (secondary N) is 1. The van der Waals surface area contributed by atoms with Gasteiger partial charge in [-0.1, -0.05) is 32.4 Å². The van der Waals surface area contributed by atoms with Gasteiger partial charge in [0.15, 0.2) is 0 Å². The molecule has 5 heteroatoms. The number of nitrogen functional groups attached to an aromatic ring is 1. The molecule has 0 saturated carbocycles. The molecule has 1 aromatic carbocycles. The number of carbonyl (C=O) groups excluding carboxylic acids is 1. The molecule has 4 nitrogen and oxygen atoms in total. The summed E-state index contributed by atoms with van der Waals surface area (Å²) in [6.45, 7) is 8.22. The van der Waals surface area contributed by atoms with E-state index in [4.69, 9.17) is 17.3 Å². The van der Waals surface area contributed by atoms with Crippen LogP contribution in [-0.4, -0.2) is 30.9 Å². The van der Waals surface area contributed by atoms with Crippen molar-refractivity contribution in [2.45, 2.75) is 27.2 Å². The van der Waals surface area contributed by atoms with Crippen molar-refractivity contribution in [2.24, 2.45) is 5.41 Å². The van der Waals surface area contributed by atoms with Gasteiger partial charge in [0.1, 0.15) is 0 Å². The number of benzene rings is 1. The summed E-state index contributed by atoms with van der Waals surface area (Å²) in [6, 6.07) is 5.09. The lowest BCUT2D eigenvalue weighted by Crippen LogP contribution is -2.31. The predicted molar refractivity (Wildman–Crippen MR) is 86.1 cm³/mol. The fourth-order valence-electron chi connectivity index (χ4n) is 2.03. The van der Waals surface area contributed by atoms with Gasteiger partial charge in [0.2, 0.25) is 5.91 Å². The maximum atomic E-state index is 11.9. The van der Waals surface area contributed by atoms with E-state index < -0.39 is 0 Å². The topological polar surface area (TPSA) is 58.4 Å². The first-order valence-corrected chi connectivity index (χ1v) is 7.08. The smallest absolute Gasteiger partial charge is 0.225 e. The van der Waals surface area contributed by atoms with E-state index in [1.165, 1.54) is 0 Å². The molecule has 0 atom stereocenters. The standard InChI is InChI=1S/C15H24ClN3O/c1-15(2,3)10-19(4)8-7-14(20)18-11-5-6-12(16)13(17)9-11/h5-6,9H,7-8,10,17H2,1-4H3,(H,18,20). The third-order valence-electron chi connectivity index (χ3n) is 2.74. The predicted octanol–water partition coefficient (Wildman–Crippen LogP) is 3.23. The number of amides is 1. The second kappa shape index (κ2) is 6.95. The summed E-state index contributed by atoms with van der Waals surface area (Å²) < 4.78 is 0. The molecule has 0 heterocycles. The van der Waals surface area contributed by atoms with E-state index in [0.29, 0.717) is 22.8 Å². The second-order valence-corrected chi connectivity index (χ2v) is 6.74. The Kier molecular flexibility index (Phi) is 5.84. The van der Waals surface area contributed by atoms with Gasteiger partial charge in [-0.15, -0.1) is 0 Å². The monoisotopic (exact) mass is 297 g/mol. The molecular weight excluding hydrogens is 274 g/mol. The Morgan fingerprint density at radius 3 is 2.60 bits per heavy atom. The Morgan fingerprint density at radius 1 is 1.40 bits per heavy atom. The van der Waals surface area contributed by atoms with Crippen molar-refractivity contribution in [3.8, 4) is 0 Å². The highest BCUT2D eigenvalue weighted by molar-refractivity contribution is 6.33. The Balaban J connectivity index is 2.42. The van der Waals surface area contributed by atoms with E-state index in [1.54, 1.807) is 18.2 Å². The number of hydrogen-bond acceptors (Lipinski definition) is 3. The maximum absolute atomic E-state index is 11.9. The van der Waals surface area contributed by atoms with Gasteiger partial charge in [-0.25, -0.2) is 0 Å². The first-order chi connectivity index (χ1) is 9.17. The Morgan fingerprint density at radius 2 is 2.05 bits per heavy atom. The van der Waals surface area contributed by atoms with Crippen LogP contribution in [0.3, 0.4) is 0 Å². The molecule has 0 aliphatic carbocycles. The van der Waals surface area contributed by atoms with Gasteiger partial charge in [0.25, 0.3) is 0 Å². The lowest BCUT2D eigenvalue weighted by atomic mass is 9.96. The van der Waals surface area contributed by atoms with Gasteiger partial charge in [-0.3, -0.25) is 4.79 Å². The first kappa shape index (κ1) is 16.8. The quantitative estimate of drug-likeness (QED) is 0.820. The highest BCUT2D eigenvalue weighted by atomic mass is 35.5. The van der Waals surface area contributed by atoms with Crippen molar-refractivity contribution < 1.29 is 4.79 Å². The summed E-state index contributed by atoms with van der Waals surface area (Å²) in [5, 5.41) is 3.32. The van der Waals surface area contributed by atoms with E-state index >= 15 is 0 Å². The van der Waals surface area contributed by atoms with Crippen molar-refractivity contribution in [2.75, 3.05) is 31.2 Å². The second-order valence-electron chi connectivity index (χ2n) is 6.33. The van der Waals surface area contributed by atoms with E-state index in [0.717, 1.165) is 13.1 Å². The molecule has 1 rings (SSSR count). The summed E-state index contributed by atoms with van der Waals surface area (Å²) in [4.78, 5) is 14.0. The van der Waals surface area contributed by atoms with Gasteiger partial charge in [0, 0.05) is 25.2 Å². The molecule has 0 fully saturated rings. The van der Waals surface area contributed by atoms with Crippen LogP contribution >= 0.6 is 11.6 Å². The average Bonchev–Trinajstić information content (AvgIpc) is 2.29. The highest BCUT2D eigenvalue weighted by Crippen LogP contribution is 2.22. The normalized spacial score (nSPS) is 11.7. The number of anilines is 2. The number of hydrogen-bond donors (Lipinski definition) is 2. The average molecular weight is 298 g/mol. The van der Waals surface area contributed by atoms with E-state index in [1.807, 2.05) is 7.05 Å². The molecule has 1 aromatic rings. The molecule has 3 N–H and O–H groups in total. The minimum Gasteiger partial charge on any atom is -0.397 e. The molecule has 20 heavy (non-hydrogen) atoms. The summed E-state index contributed by atoms with van der Waals surface area (Å²) in [5.74, 6) is -0.0209. The lowest BCUT2D eigenvalue weighted by molar-refractivity contribution is -0.116. The largest absolute Gasteiger partial charge is 0.397 e. The molecule has 0 radical (unpaired) electrons. The van der Waals surface area contributed by atoms with Crippen LogP contribution in [0.5, 0.6) is 0 Å². The molecule has 0 aliphatic heterocycles. The third kappa shape index (κ3) is 6.26. The minimum absolute atomic E-state index is 0.0209. The zero-order valence-corrected chi connectivity index (χ0v) is 13.4. The summed E-state index contributed by atoms with van der Waals surface area (Å²) in [5.41, 5.74) is 7.07. The van der Waals surface area contributed by atoms with Crippen LogP contribution in [0, 0.1) is 5.41 Å². The fraction of sp³-hybridized carbons (Fsp3) is 0.533. The van der Waals surface area contributed by atoms with Gasteiger partial charge in [-0.05, 0) is 30.7 Å². The van der Waals surface area contributed by atoms with E-state index in [9.17, 15) is 4.79 Å². The fourth-order valence-corrected chi connectivity index (χ4v) is 2.14. The van der Waals surface area contributed by atoms with Crippen LogP contribution in [0.15, 0.2) is 18.2 Å². The number of halogens is 1. The van der Waals surface area contributed by atoms with Crippen LogP contribution in [0.4, 0.5) is 11.4 Å². The van der Waals surface area contributed by atoms with Crippen molar-refractivity contribution in [1.82, 2.24) is 4.90 Å². The van der Waals surface area contributed by atoms with Crippen molar-refractivity contribution >= 4 is 28.9 Å². The van der Waals surface area contributed by atoms with Crippen molar-refractivity contribution in [1.29, 1.82) is 0 Å². The molecule has 0 spiro atoms. The van der Waals surface area contributed by atoms with Crippen LogP contribution in [0.25, 0.3) is 0 Å². The Hall–Kier alpha value is -1.26. The number of rotatable bonds is 5. The Labute approximate surface area is 126 Å². The van der Waals surface area contributed by atoms with Gasteiger partial charge < -0.3 is 16.0 Å².